The minimum Gasteiger partial charge on any atom is -0.481 e. The molecule has 2 atom stereocenters. The van der Waals surface area contributed by atoms with Crippen molar-refractivity contribution in [3.63, 3.8) is 0 Å². The zero-order chi connectivity index (χ0) is 18.7. The van der Waals surface area contributed by atoms with E-state index in [1.54, 1.807) is 13.2 Å². The van der Waals surface area contributed by atoms with Gasteiger partial charge in [-0.25, -0.2) is 9.37 Å². The van der Waals surface area contributed by atoms with Crippen LogP contribution < -0.4 is 4.74 Å². The lowest BCUT2D eigenvalue weighted by Crippen LogP contribution is -2.35. The average molecular weight is 376 g/mol. The topological polar surface area (TPSA) is 38.2 Å². The van der Waals surface area contributed by atoms with E-state index < -0.39 is 0 Å². The molecule has 1 unspecified atom stereocenters. The Bertz CT molecular complexity index is 742. The monoisotopic (exact) mass is 375 g/mol. The fourth-order valence-electron chi connectivity index (χ4n) is 3.45. The first-order chi connectivity index (χ1) is 12.5. The summed E-state index contributed by atoms with van der Waals surface area (Å²) < 4.78 is 19.3. The number of halogens is 1. The van der Waals surface area contributed by atoms with E-state index in [-0.39, 0.29) is 11.9 Å². The Balaban J connectivity index is 1.61. The largest absolute Gasteiger partial charge is 0.481 e. The molecule has 0 aliphatic carbocycles. The van der Waals surface area contributed by atoms with Gasteiger partial charge in [0.1, 0.15) is 5.82 Å². The van der Waals surface area contributed by atoms with E-state index in [9.17, 15) is 4.39 Å². The van der Waals surface area contributed by atoms with Crippen molar-refractivity contribution in [1.82, 2.24) is 14.9 Å². The van der Waals surface area contributed by atoms with Crippen LogP contribution in [-0.2, 0) is 6.42 Å². The molecule has 140 valence electrons. The van der Waals surface area contributed by atoms with Gasteiger partial charge in [-0.05, 0) is 57.4 Å². The van der Waals surface area contributed by atoms with E-state index in [4.69, 9.17) is 4.74 Å². The lowest BCUT2D eigenvalue weighted by atomic mass is 10.1. The number of rotatable bonds is 5. The van der Waals surface area contributed by atoms with Gasteiger partial charge in [-0.3, -0.25) is 9.88 Å². The second kappa shape index (κ2) is 8.35. The number of hydrogen-bond donors (Lipinski definition) is 0. The van der Waals surface area contributed by atoms with Crippen molar-refractivity contribution in [2.45, 2.75) is 44.9 Å². The summed E-state index contributed by atoms with van der Waals surface area (Å²) in [5.41, 5.74) is 3.98. The summed E-state index contributed by atoms with van der Waals surface area (Å²) >= 11 is 1.94. The Morgan fingerprint density at radius 2 is 2.00 bits per heavy atom. The average Bonchev–Trinajstić information content (AvgIpc) is 2.61. The Kier molecular flexibility index (Phi) is 6.14. The molecule has 2 aromatic rings. The van der Waals surface area contributed by atoms with Gasteiger partial charge in [0.2, 0.25) is 5.88 Å². The van der Waals surface area contributed by atoms with Crippen molar-refractivity contribution >= 4 is 11.8 Å². The van der Waals surface area contributed by atoms with Crippen LogP contribution in [0.4, 0.5) is 4.39 Å². The van der Waals surface area contributed by atoms with Gasteiger partial charge in [-0.1, -0.05) is 0 Å². The predicted octanol–water partition coefficient (Wildman–Crippen LogP) is 4.31. The molecule has 3 heterocycles. The molecule has 26 heavy (non-hydrogen) atoms. The summed E-state index contributed by atoms with van der Waals surface area (Å²) in [5.74, 6) is 1.07. The molecule has 2 aromatic heterocycles. The molecule has 1 aliphatic rings. The number of hydrogen-bond acceptors (Lipinski definition) is 5. The number of nitrogens with zero attached hydrogens (tertiary/aromatic N) is 3. The minimum absolute atomic E-state index is 0.0658. The standard InChI is InChI=1S/C20H26FN3OS/c1-13-9-16(10-14(2)22-13)11-17-7-8-24(12-26-17)15(3)20-18(21)5-6-19(23-20)25-4/h5-6,9-10,15,17H,7-8,11-12H2,1-4H3/t15?,17-/m1/s1. The van der Waals surface area contributed by atoms with Crippen molar-refractivity contribution in [3.05, 3.63) is 52.7 Å². The summed E-state index contributed by atoms with van der Waals surface area (Å²) in [6.07, 6.45) is 2.14. The van der Waals surface area contributed by atoms with Gasteiger partial charge in [0, 0.05) is 35.1 Å². The smallest absolute Gasteiger partial charge is 0.213 e. The van der Waals surface area contributed by atoms with E-state index in [1.807, 2.05) is 32.5 Å². The molecule has 0 bridgehead atoms. The Labute approximate surface area is 159 Å². The highest BCUT2D eigenvalue weighted by atomic mass is 32.2. The molecule has 1 aliphatic heterocycles. The molecule has 0 amide bonds. The van der Waals surface area contributed by atoms with Crippen molar-refractivity contribution in [2.75, 3.05) is 19.5 Å². The van der Waals surface area contributed by atoms with Crippen LogP contribution in [0.25, 0.3) is 0 Å². The maximum Gasteiger partial charge on any atom is 0.213 e. The van der Waals surface area contributed by atoms with E-state index in [2.05, 4.69) is 27.0 Å². The number of ether oxygens (including phenoxy) is 1. The van der Waals surface area contributed by atoms with Crippen LogP contribution in [0.5, 0.6) is 5.88 Å². The molecule has 6 heteroatoms. The normalized spacial score (nSPS) is 19.3. The fraction of sp³-hybridized carbons (Fsp3) is 0.500. The van der Waals surface area contributed by atoms with Crippen LogP contribution in [0.1, 0.15) is 42.0 Å². The fourth-order valence-corrected chi connectivity index (χ4v) is 4.78. The van der Waals surface area contributed by atoms with Crippen molar-refractivity contribution in [1.29, 1.82) is 0 Å². The molecule has 4 nitrogen and oxygen atoms in total. The van der Waals surface area contributed by atoms with Crippen LogP contribution in [0.15, 0.2) is 24.3 Å². The van der Waals surface area contributed by atoms with Crippen LogP contribution in [0.3, 0.4) is 0 Å². The van der Waals surface area contributed by atoms with Gasteiger partial charge in [0.25, 0.3) is 0 Å². The maximum absolute atomic E-state index is 14.2. The first-order valence-corrected chi connectivity index (χ1v) is 10.0. The quantitative estimate of drug-likeness (QED) is 0.779. The van der Waals surface area contributed by atoms with E-state index in [1.165, 1.54) is 11.6 Å². The molecule has 1 fully saturated rings. The maximum atomic E-state index is 14.2. The van der Waals surface area contributed by atoms with Crippen LogP contribution >= 0.6 is 11.8 Å². The van der Waals surface area contributed by atoms with Gasteiger partial charge in [-0.15, -0.1) is 11.8 Å². The highest BCUT2D eigenvalue weighted by Gasteiger charge is 2.26. The molecule has 0 aromatic carbocycles. The number of methoxy groups -OCH3 is 1. The van der Waals surface area contributed by atoms with E-state index >= 15 is 0 Å². The third-order valence-corrected chi connectivity index (χ3v) is 6.17. The first-order valence-electron chi connectivity index (χ1n) is 8.96. The summed E-state index contributed by atoms with van der Waals surface area (Å²) in [7, 11) is 1.55. The molecule has 0 N–H and O–H groups in total. The van der Waals surface area contributed by atoms with Crippen LogP contribution in [-0.4, -0.2) is 39.6 Å². The molecule has 0 radical (unpaired) electrons. The van der Waals surface area contributed by atoms with Gasteiger partial charge < -0.3 is 4.74 Å². The summed E-state index contributed by atoms with van der Waals surface area (Å²) in [4.78, 5) is 11.1. The highest BCUT2D eigenvalue weighted by molar-refractivity contribution is 7.99. The SMILES string of the molecule is COc1ccc(F)c(C(C)N2CC[C@H](Cc3cc(C)nc(C)c3)SC2)n1. The van der Waals surface area contributed by atoms with Gasteiger partial charge in [-0.2, -0.15) is 0 Å². The second-order valence-corrected chi connectivity index (χ2v) is 8.14. The second-order valence-electron chi connectivity index (χ2n) is 6.88. The van der Waals surface area contributed by atoms with Gasteiger partial charge in [0.05, 0.1) is 18.8 Å². The molecule has 3 rings (SSSR count). The number of thioether (sulfide) groups is 1. The molecule has 0 saturated carbocycles. The minimum atomic E-state index is -0.270. The van der Waals surface area contributed by atoms with E-state index in [0.717, 1.165) is 36.7 Å². The van der Waals surface area contributed by atoms with Gasteiger partial charge >= 0.3 is 0 Å². The number of pyridine rings is 2. The lowest BCUT2D eigenvalue weighted by Gasteiger charge is -2.35. The lowest BCUT2D eigenvalue weighted by molar-refractivity contribution is 0.226. The van der Waals surface area contributed by atoms with Crippen LogP contribution in [0, 0.1) is 19.7 Å². The van der Waals surface area contributed by atoms with Crippen LogP contribution in [0.2, 0.25) is 0 Å². The van der Waals surface area contributed by atoms with E-state index in [0.29, 0.717) is 16.8 Å². The molecular weight excluding hydrogens is 349 g/mol. The molecule has 0 spiro atoms. The van der Waals surface area contributed by atoms with Crippen molar-refractivity contribution in [2.24, 2.45) is 0 Å². The highest BCUT2D eigenvalue weighted by Crippen LogP contribution is 2.32. The number of aromatic nitrogens is 2. The molecule has 1 saturated heterocycles. The summed E-state index contributed by atoms with van der Waals surface area (Å²) in [5, 5.41) is 0.586. The molecular formula is C20H26FN3OS. The third-order valence-electron chi connectivity index (χ3n) is 4.82. The predicted molar refractivity (Wildman–Crippen MR) is 104 cm³/mol. The third kappa shape index (κ3) is 4.54. The Morgan fingerprint density at radius 3 is 2.62 bits per heavy atom. The van der Waals surface area contributed by atoms with Gasteiger partial charge in [0.15, 0.2) is 0 Å². The number of aryl methyl sites for hydroxylation is 2. The van der Waals surface area contributed by atoms with Crippen molar-refractivity contribution < 1.29 is 9.13 Å². The Morgan fingerprint density at radius 1 is 1.27 bits per heavy atom. The summed E-state index contributed by atoms with van der Waals surface area (Å²) in [6.45, 7) is 7.05. The first kappa shape index (κ1) is 19.1. The van der Waals surface area contributed by atoms with Crippen molar-refractivity contribution in [3.8, 4) is 5.88 Å². The zero-order valence-electron chi connectivity index (χ0n) is 15.8. The zero-order valence-corrected chi connectivity index (χ0v) is 16.6. The Hall–Kier alpha value is -1.66. The summed E-state index contributed by atoms with van der Waals surface area (Å²) in [6, 6.07) is 7.29.